The standard InChI is InChI=1S/C11H16O4/c1-6(2)15-8-7(3)9(12)11(4,14-5)10(8)13/h6H,1-5H3. The molecule has 4 heteroatoms. The van der Waals surface area contributed by atoms with Crippen molar-refractivity contribution in [2.24, 2.45) is 0 Å². The Morgan fingerprint density at radius 3 is 2.07 bits per heavy atom. The minimum atomic E-state index is -1.39. The molecule has 0 saturated carbocycles. The molecule has 0 fully saturated rings. The van der Waals surface area contributed by atoms with Crippen LogP contribution in [0.15, 0.2) is 11.3 Å². The Bertz CT molecular complexity index is 340. The van der Waals surface area contributed by atoms with Crippen molar-refractivity contribution < 1.29 is 19.1 Å². The molecule has 0 aliphatic heterocycles. The normalized spacial score (nSPS) is 26.8. The molecule has 84 valence electrons. The molecule has 0 heterocycles. The van der Waals surface area contributed by atoms with Gasteiger partial charge in [-0.25, -0.2) is 0 Å². The van der Waals surface area contributed by atoms with E-state index in [2.05, 4.69) is 0 Å². The molecule has 0 aromatic carbocycles. The lowest BCUT2D eigenvalue weighted by molar-refractivity contribution is -0.146. The van der Waals surface area contributed by atoms with Crippen LogP contribution in [0.2, 0.25) is 0 Å². The van der Waals surface area contributed by atoms with Crippen molar-refractivity contribution >= 4 is 11.6 Å². The predicted octanol–water partition coefficient (Wildman–Crippen LogP) is 1.24. The zero-order valence-corrected chi connectivity index (χ0v) is 9.71. The van der Waals surface area contributed by atoms with Crippen molar-refractivity contribution in [3.05, 3.63) is 11.3 Å². The molecular formula is C11H16O4. The molecule has 0 N–H and O–H groups in total. The predicted molar refractivity (Wildman–Crippen MR) is 54.3 cm³/mol. The summed E-state index contributed by atoms with van der Waals surface area (Å²) in [7, 11) is 1.35. The Labute approximate surface area is 89.2 Å². The molecule has 0 aromatic heterocycles. The molecule has 0 bridgehead atoms. The maximum Gasteiger partial charge on any atom is 0.237 e. The zero-order valence-electron chi connectivity index (χ0n) is 9.71. The summed E-state index contributed by atoms with van der Waals surface area (Å²) < 4.78 is 10.3. The van der Waals surface area contributed by atoms with E-state index in [1.165, 1.54) is 14.0 Å². The average Bonchev–Trinajstić information content (AvgIpc) is 2.33. The third-order valence-electron chi connectivity index (χ3n) is 2.52. The Balaban J connectivity index is 3.09. The van der Waals surface area contributed by atoms with Gasteiger partial charge in [0, 0.05) is 12.7 Å². The summed E-state index contributed by atoms with van der Waals surface area (Å²) in [5.74, 6) is -0.564. The van der Waals surface area contributed by atoms with Gasteiger partial charge in [-0.2, -0.15) is 0 Å². The number of rotatable bonds is 3. The Kier molecular flexibility index (Phi) is 3.00. The minimum absolute atomic E-state index is 0.133. The molecule has 1 aliphatic carbocycles. The minimum Gasteiger partial charge on any atom is -0.487 e. The van der Waals surface area contributed by atoms with Crippen molar-refractivity contribution in [2.75, 3.05) is 7.11 Å². The fourth-order valence-electron chi connectivity index (χ4n) is 1.51. The van der Waals surface area contributed by atoms with Crippen LogP contribution in [-0.4, -0.2) is 30.4 Å². The zero-order chi connectivity index (χ0) is 11.8. The van der Waals surface area contributed by atoms with Crippen molar-refractivity contribution in [3.63, 3.8) is 0 Å². The van der Waals surface area contributed by atoms with Crippen LogP contribution < -0.4 is 0 Å². The van der Waals surface area contributed by atoms with Crippen molar-refractivity contribution in [1.29, 1.82) is 0 Å². The second kappa shape index (κ2) is 3.77. The van der Waals surface area contributed by atoms with E-state index in [1.807, 2.05) is 0 Å². The highest BCUT2D eigenvalue weighted by atomic mass is 16.5. The fourth-order valence-corrected chi connectivity index (χ4v) is 1.51. The van der Waals surface area contributed by atoms with Gasteiger partial charge in [0.1, 0.15) is 0 Å². The molecule has 0 aromatic rings. The molecule has 1 aliphatic rings. The molecule has 0 saturated heterocycles. The molecular weight excluding hydrogens is 196 g/mol. The van der Waals surface area contributed by atoms with E-state index < -0.39 is 5.60 Å². The van der Waals surface area contributed by atoms with Gasteiger partial charge in [0.2, 0.25) is 11.6 Å². The van der Waals surface area contributed by atoms with Crippen LogP contribution in [0.3, 0.4) is 0 Å². The average molecular weight is 212 g/mol. The molecule has 0 radical (unpaired) electrons. The van der Waals surface area contributed by atoms with Crippen molar-refractivity contribution in [2.45, 2.75) is 39.4 Å². The third-order valence-corrected chi connectivity index (χ3v) is 2.52. The van der Waals surface area contributed by atoms with Crippen molar-refractivity contribution in [1.82, 2.24) is 0 Å². The van der Waals surface area contributed by atoms with E-state index in [9.17, 15) is 9.59 Å². The first-order valence-electron chi connectivity index (χ1n) is 4.87. The second-order valence-electron chi connectivity index (χ2n) is 4.02. The second-order valence-corrected chi connectivity index (χ2v) is 4.02. The number of ketones is 2. The Morgan fingerprint density at radius 1 is 1.20 bits per heavy atom. The SMILES string of the molecule is COC1(C)C(=O)C(C)=C(OC(C)C)C1=O. The van der Waals surface area contributed by atoms with E-state index >= 15 is 0 Å². The van der Waals surface area contributed by atoms with Gasteiger partial charge in [0.15, 0.2) is 11.4 Å². The van der Waals surface area contributed by atoms with Crippen LogP contribution in [-0.2, 0) is 19.1 Å². The Morgan fingerprint density at radius 2 is 1.73 bits per heavy atom. The first-order chi connectivity index (χ1) is 6.84. The summed E-state index contributed by atoms with van der Waals surface area (Å²) in [6.07, 6.45) is -0.133. The molecule has 1 atom stereocenters. The van der Waals surface area contributed by atoms with Crippen LogP contribution in [0.1, 0.15) is 27.7 Å². The highest BCUT2D eigenvalue weighted by Crippen LogP contribution is 2.31. The quantitative estimate of drug-likeness (QED) is 0.660. The fraction of sp³-hybridized carbons (Fsp3) is 0.636. The molecule has 1 unspecified atom stereocenters. The van der Waals surface area contributed by atoms with Gasteiger partial charge in [-0.15, -0.1) is 0 Å². The molecule has 0 amide bonds. The van der Waals surface area contributed by atoms with E-state index in [0.717, 1.165) is 0 Å². The number of carbonyl (C=O) groups is 2. The molecule has 4 nitrogen and oxygen atoms in total. The summed E-state index contributed by atoms with van der Waals surface area (Å²) in [5.41, 5.74) is -1.05. The first kappa shape index (κ1) is 11.9. The van der Waals surface area contributed by atoms with Gasteiger partial charge in [-0.1, -0.05) is 0 Å². The van der Waals surface area contributed by atoms with Gasteiger partial charge >= 0.3 is 0 Å². The molecule has 0 spiro atoms. The highest BCUT2D eigenvalue weighted by molar-refractivity contribution is 6.29. The lowest BCUT2D eigenvalue weighted by Crippen LogP contribution is -2.41. The number of hydrogen-bond donors (Lipinski definition) is 0. The Hall–Kier alpha value is -1.16. The number of ether oxygens (including phenoxy) is 2. The molecule has 15 heavy (non-hydrogen) atoms. The van der Waals surface area contributed by atoms with Crippen LogP contribution in [0.25, 0.3) is 0 Å². The van der Waals surface area contributed by atoms with Gasteiger partial charge < -0.3 is 9.47 Å². The number of hydrogen-bond acceptors (Lipinski definition) is 4. The monoisotopic (exact) mass is 212 g/mol. The largest absolute Gasteiger partial charge is 0.487 e. The maximum absolute atomic E-state index is 11.9. The number of methoxy groups -OCH3 is 1. The summed E-state index contributed by atoms with van der Waals surface area (Å²) in [6.45, 7) is 6.67. The van der Waals surface area contributed by atoms with Gasteiger partial charge in [0.05, 0.1) is 6.10 Å². The van der Waals surface area contributed by atoms with Gasteiger partial charge in [-0.3, -0.25) is 9.59 Å². The van der Waals surface area contributed by atoms with E-state index in [0.29, 0.717) is 5.57 Å². The van der Waals surface area contributed by atoms with Crippen molar-refractivity contribution in [3.8, 4) is 0 Å². The maximum atomic E-state index is 11.9. The van der Waals surface area contributed by atoms with Gasteiger partial charge in [0.25, 0.3) is 0 Å². The smallest absolute Gasteiger partial charge is 0.237 e. The van der Waals surface area contributed by atoms with E-state index in [1.54, 1.807) is 20.8 Å². The summed E-state index contributed by atoms with van der Waals surface area (Å²) in [6, 6.07) is 0. The van der Waals surface area contributed by atoms with Crippen LogP contribution >= 0.6 is 0 Å². The van der Waals surface area contributed by atoms with E-state index in [4.69, 9.17) is 9.47 Å². The molecule has 1 rings (SSSR count). The van der Waals surface area contributed by atoms with Crippen LogP contribution in [0.5, 0.6) is 0 Å². The van der Waals surface area contributed by atoms with Gasteiger partial charge in [-0.05, 0) is 27.7 Å². The lowest BCUT2D eigenvalue weighted by Gasteiger charge is -2.19. The summed E-state index contributed by atoms with van der Waals surface area (Å²) in [5, 5.41) is 0. The number of Topliss-reactive ketones (excluding diaryl/α,β-unsaturated/α-hetero) is 2. The first-order valence-corrected chi connectivity index (χ1v) is 4.87. The topological polar surface area (TPSA) is 52.6 Å². The third kappa shape index (κ3) is 1.69. The highest BCUT2D eigenvalue weighted by Gasteiger charge is 2.51. The van der Waals surface area contributed by atoms with Crippen LogP contribution in [0.4, 0.5) is 0 Å². The van der Waals surface area contributed by atoms with Crippen LogP contribution in [0, 0.1) is 0 Å². The lowest BCUT2D eigenvalue weighted by atomic mass is 10.00. The summed E-state index contributed by atoms with van der Waals surface area (Å²) in [4.78, 5) is 23.7. The van der Waals surface area contributed by atoms with E-state index in [-0.39, 0.29) is 23.4 Å². The number of carbonyl (C=O) groups excluding carboxylic acids is 2. The summed E-state index contributed by atoms with van der Waals surface area (Å²) >= 11 is 0.